The van der Waals surface area contributed by atoms with Crippen LogP contribution in [0.3, 0.4) is 0 Å². The molecule has 0 aromatic rings. The van der Waals surface area contributed by atoms with Crippen molar-refractivity contribution >= 4 is 29.2 Å². The van der Waals surface area contributed by atoms with E-state index in [2.05, 4.69) is 12.1 Å². The summed E-state index contributed by atoms with van der Waals surface area (Å²) in [5.74, 6) is 1.79. The lowest BCUT2D eigenvalue weighted by molar-refractivity contribution is 0.318. The van der Waals surface area contributed by atoms with Crippen LogP contribution in [-0.4, -0.2) is 27.0 Å². The summed E-state index contributed by atoms with van der Waals surface area (Å²) < 4.78 is 0.662. The zero-order valence-corrected chi connectivity index (χ0v) is 6.84. The standard InChI is InChI=1S/C5H9NOS2/c1-4-8-2-5(6-7)3-9-4/h4,7H,2-3H2,1H3. The van der Waals surface area contributed by atoms with Gasteiger partial charge in [-0.25, -0.2) is 0 Å². The maximum absolute atomic E-state index is 8.34. The fourth-order valence-corrected chi connectivity index (χ4v) is 2.67. The van der Waals surface area contributed by atoms with Crippen molar-refractivity contribution < 1.29 is 5.21 Å². The topological polar surface area (TPSA) is 32.6 Å². The molecule has 0 aromatic carbocycles. The molecule has 4 heteroatoms. The first-order chi connectivity index (χ1) is 4.33. The molecule has 1 rings (SSSR count). The first-order valence-corrected chi connectivity index (χ1v) is 4.85. The summed E-state index contributed by atoms with van der Waals surface area (Å²) in [7, 11) is 0. The highest BCUT2D eigenvalue weighted by Crippen LogP contribution is 2.28. The van der Waals surface area contributed by atoms with Crippen molar-refractivity contribution in [1.82, 2.24) is 0 Å². The Bertz CT molecular complexity index is 116. The minimum Gasteiger partial charge on any atom is -0.411 e. The van der Waals surface area contributed by atoms with Crippen molar-refractivity contribution in [2.24, 2.45) is 5.16 Å². The van der Waals surface area contributed by atoms with Gasteiger partial charge in [0.1, 0.15) is 0 Å². The van der Waals surface area contributed by atoms with E-state index in [1.807, 2.05) is 23.5 Å². The smallest absolute Gasteiger partial charge is 0.0768 e. The van der Waals surface area contributed by atoms with Crippen LogP contribution in [0.2, 0.25) is 0 Å². The van der Waals surface area contributed by atoms with E-state index in [1.54, 1.807) is 0 Å². The lowest BCUT2D eigenvalue weighted by Crippen LogP contribution is -2.14. The molecule has 1 saturated heterocycles. The van der Waals surface area contributed by atoms with Gasteiger partial charge in [-0.15, -0.1) is 23.5 Å². The maximum Gasteiger partial charge on any atom is 0.0768 e. The molecule has 0 amide bonds. The van der Waals surface area contributed by atoms with E-state index >= 15 is 0 Å². The first kappa shape index (κ1) is 7.28. The number of nitrogens with zero attached hydrogens (tertiary/aromatic N) is 1. The zero-order chi connectivity index (χ0) is 6.69. The van der Waals surface area contributed by atoms with Crippen molar-refractivity contribution in [3.63, 3.8) is 0 Å². The quantitative estimate of drug-likeness (QED) is 0.435. The molecular formula is C5H9NOS2. The van der Waals surface area contributed by atoms with E-state index in [1.165, 1.54) is 0 Å². The van der Waals surface area contributed by atoms with E-state index in [-0.39, 0.29) is 0 Å². The molecule has 1 fully saturated rings. The molecule has 9 heavy (non-hydrogen) atoms. The van der Waals surface area contributed by atoms with Gasteiger partial charge in [0.25, 0.3) is 0 Å². The number of rotatable bonds is 0. The Labute approximate surface area is 63.1 Å². The van der Waals surface area contributed by atoms with E-state index < -0.39 is 0 Å². The molecule has 1 aliphatic heterocycles. The van der Waals surface area contributed by atoms with Crippen LogP contribution in [0.5, 0.6) is 0 Å². The molecule has 0 unspecified atom stereocenters. The Balaban J connectivity index is 2.35. The third-order valence-electron chi connectivity index (χ3n) is 1.11. The Morgan fingerprint density at radius 2 is 2.11 bits per heavy atom. The van der Waals surface area contributed by atoms with Crippen LogP contribution < -0.4 is 0 Å². The second-order valence-corrected chi connectivity index (χ2v) is 4.81. The number of hydrogen-bond acceptors (Lipinski definition) is 4. The molecule has 1 N–H and O–H groups in total. The highest BCUT2D eigenvalue weighted by molar-refractivity contribution is 8.18. The summed E-state index contributed by atoms with van der Waals surface area (Å²) in [6, 6.07) is 0. The average Bonchev–Trinajstić information content (AvgIpc) is 1.90. The summed E-state index contributed by atoms with van der Waals surface area (Å²) in [6.45, 7) is 2.17. The summed E-state index contributed by atoms with van der Waals surface area (Å²) in [4.78, 5) is 0. The molecule has 0 bridgehead atoms. The van der Waals surface area contributed by atoms with Crippen molar-refractivity contribution in [2.75, 3.05) is 11.5 Å². The van der Waals surface area contributed by atoms with Crippen molar-refractivity contribution in [3.05, 3.63) is 0 Å². The Morgan fingerprint density at radius 3 is 2.56 bits per heavy atom. The van der Waals surface area contributed by atoms with Crippen LogP contribution in [0, 0.1) is 0 Å². The van der Waals surface area contributed by atoms with Gasteiger partial charge in [-0.1, -0.05) is 5.16 Å². The largest absolute Gasteiger partial charge is 0.411 e. The van der Waals surface area contributed by atoms with Crippen molar-refractivity contribution in [2.45, 2.75) is 11.5 Å². The van der Waals surface area contributed by atoms with Crippen LogP contribution in [-0.2, 0) is 0 Å². The number of hydrogen-bond donors (Lipinski definition) is 1. The molecule has 0 aromatic heterocycles. The minimum atomic E-state index is 0.662. The maximum atomic E-state index is 8.34. The fraction of sp³-hybridized carbons (Fsp3) is 0.800. The second-order valence-electron chi connectivity index (χ2n) is 1.86. The predicted octanol–water partition coefficient (Wildman–Crippen LogP) is 1.64. The van der Waals surface area contributed by atoms with Crippen molar-refractivity contribution in [3.8, 4) is 0 Å². The normalized spacial score (nSPS) is 28.1. The fourth-order valence-electron chi connectivity index (χ4n) is 0.575. The van der Waals surface area contributed by atoms with Crippen LogP contribution in [0.4, 0.5) is 0 Å². The van der Waals surface area contributed by atoms with Crippen molar-refractivity contribution in [1.29, 1.82) is 0 Å². The molecule has 0 saturated carbocycles. The summed E-state index contributed by atoms with van der Waals surface area (Å²) in [5, 5.41) is 11.5. The molecular weight excluding hydrogens is 154 g/mol. The second kappa shape index (κ2) is 3.37. The van der Waals surface area contributed by atoms with E-state index in [4.69, 9.17) is 5.21 Å². The molecule has 0 atom stereocenters. The van der Waals surface area contributed by atoms with Gasteiger partial charge < -0.3 is 5.21 Å². The monoisotopic (exact) mass is 163 g/mol. The van der Waals surface area contributed by atoms with Gasteiger partial charge in [0.05, 0.1) is 5.71 Å². The molecule has 0 spiro atoms. The summed E-state index contributed by atoms with van der Waals surface area (Å²) >= 11 is 3.65. The highest BCUT2D eigenvalue weighted by Gasteiger charge is 2.13. The van der Waals surface area contributed by atoms with E-state index in [0.717, 1.165) is 17.2 Å². The lowest BCUT2D eigenvalue weighted by Gasteiger charge is -2.16. The van der Waals surface area contributed by atoms with Crippen LogP contribution in [0.25, 0.3) is 0 Å². The number of oxime groups is 1. The predicted molar refractivity (Wildman–Crippen MR) is 43.6 cm³/mol. The zero-order valence-electron chi connectivity index (χ0n) is 5.20. The van der Waals surface area contributed by atoms with Gasteiger partial charge in [-0.2, -0.15) is 0 Å². The number of thioether (sulfide) groups is 2. The lowest BCUT2D eigenvalue weighted by atomic mass is 10.5. The highest BCUT2D eigenvalue weighted by atomic mass is 32.2. The minimum absolute atomic E-state index is 0.662. The summed E-state index contributed by atoms with van der Waals surface area (Å²) in [6.07, 6.45) is 0. The average molecular weight is 163 g/mol. The first-order valence-electron chi connectivity index (χ1n) is 2.76. The van der Waals surface area contributed by atoms with E-state index in [9.17, 15) is 0 Å². The molecule has 0 radical (unpaired) electrons. The van der Waals surface area contributed by atoms with Gasteiger partial charge in [0.2, 0.25) is 0 Å². The van der Waals surface area contributed by atoms with Crippen LogP contribution in [0.1, 0.15) is 6.92 Å². The van der Waals surface area contributed by atoms with Gasteiger partial charge in [0, 0.05) is 16.1 Å². The molecule has 1 aliphatic rings. The Hall–Kier alpha value is 0.170. The van der Waals surface area contributed by atoms with Gasteiger partial charge in [-0.05, 0) is 6.92 Å². The molecule has 2 nitrogen and oxygen atoms in total. The van der Waals surface area contributed by atoms with E-state index in [0.29, 0.717) is 4.58 Å². The Kier molecular flexibility index (Phi) is 2.72. The SMILES string of the molecule is CC1SCC(=NO)CS1. The van der Waals surface area contributed by atoms with Crippen LogP contribution >= 0.6 is 23.5 Å². The molecule has 1 heterocycles. The third-order valence-corrected chi connectivity index (χ3v) is 3.87. The van der Waals surface area contributed by atoms with Crippen LogP contribution in [0.15, 0.2) is 5.16 Å². The van der Waals surface area contributed by atoms with Gasteiger partial charge in [0.15, 0.2) is 0 Å². The molecule has 0 aliphatic carbocycles. The van der Waals surface area contributed by atoms with Gasteiger partial charge in [-0.3, -0.25) is 0 Å². The Morgan fingerprint density at radius 1 is 1.56 bits per heavy atom. The molecule has 52 valence electrons. The third kappa shape index (κ3) is 2.10. The van der Waals surface area contributed by atoms with Gasteiger partial charge >= 0.3 is 0 Å². The summed E-state index contributed by atoms with van der Waals surface area (Å²) in [5.41, 5.74) is 0.906.